The van der Waals surface area contributed by atoms with Crippen molar-refractivity contribution in [2.24, 2.45) is 5.92 Å². The number of hydrogen-bond acceptors (Lipinski definition) is 4. The van der Waals surface area contributed by atoms with Crippen LogP contribution in [0.25, 0.3) is 16.5 Å². The summed E-state index contributed by atoms with van der Waals surface area (Å²) in [5.41, 5.74) is 1.13. The maximum absolute atomic E-state index is 14.8. The summed E-state index contributed by atoms with van der Waals surface area (Å²) in [6, 6.07) is 4.35. The van der Waals surface area contributed by atoms with Crippen LogP contribution in [0, 0.1) is 17.6 Å². The molecule has 7 heteroatoms. The molecule has 5 nitrogen and oxygen atoms in total. The van der Waals surface area contributed by atoms with E-state index in [9.17, 15) is 13.6 Å². The third kappa shape index (κ3) is 3.04. The van der Waals surface area contributed by atoms with Crippen molar-refractivity contribution >= 4 is 16.5 Å². The predicted molar refractivity (Wildman–Crippen MR) is 106 cm³/mol. The van der Waals surface area contributed by atoms with Gasteiger partial charge in [0.05, 0.1) is 36.0 Å². The van der Waals surface area contributed by atoms with Gasteiger partial charge in [-0.2, -0.15) is 0 Å². The molecular weight excluding hydrogens is 374 g/mol. The first-order valence-electron chi connectivity index (χ1n) is 9.20. The number of nitrogens with one attached hydrogen (secondary N) is 1. The van der Waals surface area contributed by atoms with Gasteiger partial charge in [0, 0.05) is 17.7 Å². The van der Waals surface area contributed by atoms with Gasteiger partial charge in [0.1, 0.15) is 11.6 Å². The van der Waals surface area contributed by atoms with E-state index in [1.54, 1.807) is 6.07 Å². The number of aromatic nitrogens is 3. The maximum atomic E-state index is 14.8. The van der Waals surface area contributed by atoms with Gasteiger partial charge in [-0.3, -0.25) is 14.3 Å². The van der Waals surface area contributed by atoms with E-state index >= 15 is 0 Å². The number of halogens is 2. The van der Waals surface area contributed by atoms with Crippen LogP contribution >= 0.6 is 0 Å². The number of hydrogen-bond donors (Lipinski definition) is 1. The summed E-state index contributed by atoms with van der Waals surface area (Å²) in [5.74, 6) is -1.23. The number of pyridine rings is 1. The Balaban J connectivity index is 1.50. The molecule has 0 spiro atoms. The molecule has 5 rings (SSSR count). The molecule has 0 amide bonds. The molecule has 2 aliphatic rings. The van der Waals surface area contributed by atoms with Crippen LogP contribution in [0.4, 0.5) is 8.78 Å². The first-order chi connectivity index (χ1) is 14.1. The molecule has 3 heterocycles. The van der Waals surface area contributed by atoms with Crippen molar-refractivity contribution in [2.45, 2.75) is 12.6 Å². The minimum atomic E-state index is -0.696. The van der Waals surface area contributed by atoms with Gasteiger partial charge in [0.25, 0.3) is 5.56 Å². The van der Waals surface area contributed by atoms with Crippen molar-refractivity contribution in [3.8, 4) is 0 Å². The minimum absolute atomic E-state index is 0.164. The average molecular weight is 390 g/mol. The Morgan fingerprint density at radius 3 is 2.83 bits per heavy atom. The molecule has 3 aromatic rings. The van der Waals surface area contributed by atoms with Crippen LogP contribution in [0.5, 0.6) is 0 Å². The highest BCUT2D eigenvalue weighted by Gasteiger charge is 2.23. The van der Waals surface area contributed by atoms with Crippen LogP contribution in [-0.4, -0.2) is 20.6 Å². The zero-order valence-electron chi connectivity index (χ0n) is 15.2. The molecule has 1 aliphatic heterocycles. The molecule has 0 saturated heterocycles. The third-order valence-corrected chi connectivity index (χ3v) is 5.31. The average Bonchev–Trinajstić information content (AvgIpc) is 3.20. The van der Waals surface area contributed by atoms with Crippen LogP contribution in [-0.2, 0) is 6.54 Å². The van der Waals surface area contributed by atoms with Gasteiger partial charge in [-0.1, -0.05) is 24.3 Å². The maximum Gasteiger partial charge on any atom is 0.261 e. The Bertz CT molecular complexity index is 1250. The van der Waals surface area contributed by atoms with Crippen LogP contribution in [0.2, 0.25) is 0 Å². The third-order valence-electron chi connectivity index (χ3n) is 5.31. The first kappa shape index (κ1) is 17.5. The number of nitrogens with zero attached hydrogens (tertiary/aromatic N) is 3. The summed E-state index contributed by atoms with van der Waals surface area (Å²) in [6.45, 7) is -0.242. The lowest BCUT2D eigenvalue weighted by Gasteiger charge is -2.19. The molecule has 2 unspecified atom stereocenters. The van der Waals surface area contributed by atoms with E-state index in [-0.39, 0.29) is 29.6 Å². The lowest BCUT2D eigenvalue weighted by Crippen LogP contribution is -2.24. The Hall–Kier alpha value is -3.61. The second-order valence-corrected chi connectivity index (χ2v) is 7.10. The van der Waals surface area contributed by atoms with Gasteiger partial charge in [-0.05, 0) is 35.5 Å². The molecule has 2 atom stereocenters. The van der Waals surface area contributed by atoms with Gasteiger partial charge >= 0.3 is 0 Å². The molecule has 2 aromatic heterocycles. The Kier molecular flexibility index (Phi) is 4.08. The standard InChI is InChI=1S/C22H16F2N4O/c23-18-8-15(13-1-2-20-14(7-13)3-6-26-20)9-19(24)17(18)11-28-12-27-21-10-25-5-4-16(21)22(28)29/h1-10,12,14,20,26H,11H2. The van der Waals surface area contributed by atoms with E-state index in [0.29, 0.717) is 16.5 Å². The first-order valence-corrected chi connectivity index (χ1v) is 9.20. The summed E-state index contributed by atoms with van der Waals surface area (Å²) < 4.78 is 30.8. The van der Waals surface area contributed by atoms with Crippen molar-refractivity contribution in [3.63, 3.8) is 0 Å². The topological polar surface area (TPSA) is 59.8 Å². The van der Waals surface area contributed by atoms with E-state index < -0.39 is 11.6 Å². The van der Waals surface area contributed by atoms with Crippen molar-refractivity contribution in [3.05, 3.63) is 101 Å². The van der Waals surface area contributed by atoms with Crippen molar-refractivity contribution < 1.29 is 8.78 Å². The van der Waals surface area contributed by atoms with Gasteiger partial charge in [-0.25, -0.2) is 13.8 Å². The molecule has 0 fully saturated rings. The Morgan fingerprint density at radius 1 is 1.17 bits per heavy atom. The van der Waals surface area contributed by atoms with Crippen molar-refractivity contribution in [1.29, 1.82) is 0 Å². The van der Waals surface area contributed by atoms with E-state index in [2.05, 4.69) is 15.3 Å². The number of benzene rings is 1. The second kappa shape index (κ2) is 6.77. The highest BCUT2D eigenvalue weighted by atomic mass is 19.1. The fraction of sp³-hybridized carbons (Fsp3) is 0.136. The van der Waals surface area contributed by atoms with E-state index in [1.165, 1.54) is 35.4 Å². The fourth-order valence-corrected chi connectivity index (χ4v) is 3.73. The summed E-state index contributed by atoms with van der Waals surface area (Å²) in [4.78, 5) is 20.7. The summed E-state index contributed by atoms with van der Waals surface area (Å²) in [6.07, 6.45) is 14.0. The summed E-state index contributed by atoms with van der Waals surface area (Å²) in [7, 11) is 0. The zero-order valence-corrected chi connectivity index (χ0v) is 15.2. The fourth-order valence-electron chi connectivity index (χ4n) is 3.73. The van der Waals surface area contributed by atoms with Gasteiger partial charge < -0.3 is 5.32 Å². The molecule has 0 bridgehead atoms. The van der Waals surface area contributed by atoms with Crippen LogP contribution < -0.4 is 10.9 Å². The smallest absolute Gasteiger partial charge is 0.261 e. The highest BCUT2D eigenvalue weighted by Crippen LogP contribution is 2.30. The van der Waals surface area contributed by atoms with Crippen LogP contribution in [0.15, 0.2) is 72.2 Å². The minimum Gasteiger partial charge on any atom is -0.384 e. The molecule has 29 heavy (non-hydrogen) atoms. The quantitative estimate of drug-likeness (QED) is 0.746. The Labute approximate surface area is 164 Å². The normalized spacial score (nSPS) is 19.9. The molecule has 1 N–H and O–H groups in total. The van der Waals surface area contributed by atoms with Crippen molar-refractivity contribution in [2.75, 3.05) is 0 Å². The van der Waals surface area contributed by atoms with Gasteiger partial charge in [0.15, 0.2) is 0 Å². The lowest BCUT2D eigenvalue weighted by atomic mass is 9.90. The molecule has 1 aromatic carbocycles. The number of rotatable bonds is 3. The molecule has 1 aliphatic carbocycles. The van der Waals surface area contributed by atoms with Crippen molar-refractivity contribution in [1.82, 2.24) is 19.9 Å². The van der Waals surface area contributed by atoms with E-state index in [1.807, 2.05) is 30.5 Å². The van der Waals surface area contributed by atoms with Gasteiger partial charge in [-0.15, -0.1) is 0 Å². The number of allylic oxidation sites excluding steroid dienone is 2. The monoisotopic (exact) mass is 390 g/mol. The lowest BCUT2D eigenvalue weighted by molar-refractivity contribution is 0.540. The van der Waals surface area contributed by atoms with E-state index in [4.69, 9.17) is 0 Å². The summed E-state index contributed by atoms with van der Waals surface area (Å²) >= 11 is 0. The number of fused-ring (bicyclic) bond motifs is 2. The zero-order chi connectivity index (χ0) is 20.0. The second-order valence-electron chi connectivity index (χ2n) is 7.10. The predicted octanol–water partition coefficient (Wildman–Crippen LogP) is 3.17. The molecular formula is C22H16F2N4O. The van der Waals surface area contributed by atoms with Crippen LogP contribution in [0.1, 0.15) is 11.1 Å². The molecule has 0 saturated carbocycles. The highest BCUT2D eigenvalue weighted by molar-refractivity contribution is 5.77. The SMILES string of the molecule is O=c1c2ccncc2ncn1Cc1c(F)cc(C2=CC3C=CNC3C=C2)cc1F. The van der Waals surface area contributed by atoms with Gasteiger partial charge in [0.2, 0.25) is 0 Å². The molecule has 0 radical (unpaired) electrons. The van der Waals surface area contributed by atoms with E-state index in [0.717, 1.165) is 5.57 Å². The van der Waals surface area contributed by atoms with Crippen LogP contribution in [0.3, 0.4) is 0 Å². The summed E-state index contributed by atoms with van der Waals surface area (Å²) in [5, 5.41) is 3.56. The molecule has 144 valence electrons. The largest absolute Gasteiger partial charge is 0.384 e. The Morgan fingerprint density at radius 2 is 2.00 bits per heavy atom.